The summed E-state index contributed by atoms with van der Waals surface area (Å²) in [6.07, 6.45) is -3.91. The molecule has 1 fully saturated rings. The molecular formula is C25H29ClF3N3O4S. The zero-order chi connectivity index (χ0) is 27.4. The van der Waals surface area contributed by atoms with Crippen molar-refractivity contribution in [2.24, 2.45) is 5.92 Å². The zero-order valence-corrected chi connectivity index (χ0v) is 22.1. The molecule has 202 valence electrons. The number of amides is 2. The Bertz CT molecular complexity index is 1270. The van der Waals surface area contributed by atoms with Crippen LogP contribution in [0.1, 0.15) is 47.3 Å². The number of rotatable bonds is 9. The second-order valence-electron chi connectivity index (χ2n) is 9.03. The maximum absolute atomic E-state index is 13.9. The third kappa shape index (κ3) is 7.68. The molecule has 2 amide bonds. The van der Waals surface area contributed by atoms with Crippen molar-refractivity contribution in [2.75, 3.05) is 25.4 Å². The van der Waals surface area contributed by atoms with E-state index in [0.29, 0.717) is 19.6 Å². The summed E-state index contributed by atoms with van der Waals surface area (Å²) in [6, 6.07) is 7.61. The second-order valence-corrected chi connectivity index (χ2v) is 11.7. The van der Waals surface area contributed by atoms with E-state index < -0.39 is 27.5 Å². The molecule has 0 aliphatic carbocycles. The molecule has 12 heteroatoms. The van der Waals surface area contributed by atoms with Gasteiger partial charge in [0, 0.05) is 43.7 Å². The van der Waals surface area contributed by atoms with Crippen LogP contribution in [0.25, 0.3) is 0 Å². The van der Waals surface area contributed by atoms with Gasteiger partial charge >= 0.3 is 6.18 Å². The van der Waals surface area contributed by atoms with Crippen molar-refractivity contribution in [2.45, 2.75) is 44.4 Å². The first kappa shape index (κ1) is 28.9. The molecule has 0 aromatic heterocycles. The third-order valence-electron chi connectivity index (χ3n) is 6.26. The van der Waals surface area contributed by atoms with E-state index >= 15 is 0 Å². The number of nitrogens with zero attached hydrogens (tertiary/aromatic N) is 1. The summed E-state index contributed by atoms with van der Waals surface area (Å²) < 4.78 is 66.4. The van der Waals surface area contributed by atoms with Crippen LogP contribution in [0.4, 0.5) is 13.2 Å². The van der Waals surface area contributed by atoms with Crippen molar-refractivity contribution in [3.8, 4) is 0 Å². The Morgan fingerprint density at radius 3 is 2.49 bits per heavy atom. The maximum Gasteiger partial charge on any atom is 0.416 e. The van der Waals surface area contributed by atoms with Crippen LogP contribution in [-0.4, -0.2) is 50.5 Å². The molecule has 0 saturated carbocycles. The van der Waals surface area contributed by atoms with Gasteiger partial charge in [0.2, 0.25) is 5.91 Å². The summed E-state index contributed by atoms with van der Waals surface area (Å²) in [5.41, 5.74) is -0.793. The van der Waals surface area contributed by atoms with Gasteiger partial charge in [0.1, 0.15) is 0 Å². The van der Waals surface area contributed by atoms with Crippen molar-refractivity contribution in [1.29, 1.82) is 0 Å². The molecule has 0 unspecified atom stereocenters. The Hall–Kier alpha value is -2.63. The minimum absolute atomic E-state index is 0.00782. The molecule has 1 aliphatic heterocycles. The van der Waals surface area contributed by atoms with E-state index in [4.69, 9.17) is 11.6 Å². The summed E-state index contributed by atoms with van der Waals surface area (Å²) in [4.78, 5) is 25.8. The SMILES string of the molecule is CCS(=O)(=O)c1ccc(Cl)cc1CNC(=O)c1ccc(CN2CC[C@H](CNC(C)=O)C2)c(C(F)(F)F)c1. The lowest BCUT2D eigenvalue weighted by atomic mass is 10.0. The lowest BCUT2D eigenvalue weighted by molar-refractivity contribution is -0.138. The highest BCUT2D eigenvalue weighted by Gasteiger charge is 2.35. The molecule has 3 rings (SSSR count). The molecule has 0 spiro atoms. The van der Waals surface area contributed by atoms with Gasteiger partial charge in [0.15, 0.2) is 9.84 Å². The van der Waals surface area contributed by atoms with Gasteiger partial charge < -0.3 is 10.6 Å². The van der Waals surface area contributed by atoms with E-state index in [1.165, 1.54) is 44.2 Å². The number of carbonyl (C=O) groups is 2. The van der Waals surface area contributed by atoms with E-state index in [1.54, 1.807) is 0 Å². The van der Waals surface area contributed by atoms with Gasteiger partial charge in [-0.25, -0.2) is 8.42 Å². The van der Waals surface area contributed by atoms with Crippen molar-refractivity contribution >= 4 is 33.3 Å². The summed E-state index contributed by atoms with van der Waals surface area (Å²) in [5, 5.41) is 5.51. The first-order chi connectivity index (χ1) is 17.3. The number of hydrogen-bond donors (Lipinski definition) is 2. The van der Waals surface area contributed by atoms with Gasteiger partial charge in [0.25, 0.3) is 5.91 Å². The van der Waals surface area contributed by atoms with Crippen molar-refractivity contribution in [3.63, 3.8) is 0 Å². The number of alkyl halides is 3. The monoisotopic (exact) mass is 559 g/mol. The van der Waals surface area contributed by atoms with Crippen LogP contribution in [0.2, 0.25) is 5.02 Å². The van der Waals surface area contributed by atoms with E-state index in [9.17, 15) is 31.2 Å². The van der Waals surface area contributed by atoms with Crippen LogP contribution in [0.5, 0.6) is 0 Å². The molecule has 0 bridgehead atoms. The highest BCUT2D eigenvalue weighted by atomic mass is 35.5. The lowest BCUT2D eigenvalue weighted by Crippen LogP contribution is -2.29. The fourth-order valence-electron chi connectivity index (χ4n) is 4.29. The Labute approximate surface area is 219 Å². The Balaban J connectivity index is 1.75. The number of sulfone groups is 1. The maximum atomic E-state index is 13.9. The minimum atomic E-state index is -4.67. The van der Waals surface area contributed by atoms with Gasteiger partial charge in [-0.3, -0.25) is 14.5 Å². The fraction of sp³-hybridized carbons (Fsp3) is 0.440. The first-order valence-corrected chi connectivity index (χ1v) is 13.8. The summed E-state index contributed by atoms with van der Waals surface area (Å²) in [7, 11) is -3.60. The quantitative estimate of drug-likeness (QED) is 0.483. The lowest BCUT2D eigenvalue weighted by Gasteiger charge is -2.20. The number of nitrogens with one attached hydrogen (secondary N) is 2. The normalized spacial score (nSPS) is 16.5. The molecule has 1 heterocycles. The summed E-state index contributed by atoms with van der Waals surface area (Å²) >= 11 is 5.99. The van der Waals surface area contributed by atoms with Crippen LogP contribution < -0.4 is 10.6 Å². The number of benzene rings is 2. The van der Waals surface area contributed by atoms with Crippen molar-refractivity contribution in [1.82, 2.24) is 15.5 Å². The van der Waals surface area contributed by atoms with Gasteiger partial charge in [-0.2, -0.15) is 13.2 Å². The number of carbonyl (C=O) groups excluding carboxylic acids is 2. The molecule has 1 atom stereocenters. The topological polar surface area (TPSA) is 95.6 Å². The standard InChI is InChI=1S/C25H29ClF3N3O4S/c1-3-37(35,36)23-7-6-21(26)10-20(23)13-31-24(34)18-4-5-19(22(11-18)25(27,28)29)15-32-9-8-17(14-32)12-30-16(2)33/h4-7,10-11,17H,3,8-9,12-15H2,1-2H3,(H,30,33)(H,31,34)/t17-/m1/s1. The van der Waals surface area contributed by atoms with E-state index in [-0.39, 0.29) is 57.3 Å². The minimum Gasteiger partial charge on any atom is -0.356 e. The Morgan fingerprint density at radius 1 is 1.11 bits per heavy atom. The van der Waals surface area contributed by atoms with Crippen LogP contribution in [0, 0.1) is 5.92 Å². The van der Waals surface area contributed by atoms with Gasteiger partial charge in [-0.05, 0) is 60.3 Å². The van der Waals surface area contributed by atoms with E-state index in [2.05, 4.69) is 10.6 Å². The van der Waals surface area contributed by atoms with E-state index in [1.807, 2.05) is 4.90 Å². The predicted octanol–water partition coefficient (Wildman–Crippen LogP) is 4.04. The van der Waals surface area contributed by atoms with Gasteiger partial charge in [-0.15, -0.1) is 0 Å². The van der Waals surface area contributed by atoms with Gasteiger partial charge in [0.05, 0.1) is 16.2 Å². The van der Waals surface area contributed by atoms with Crippen LogP contribution in [0.15, 0.2) is 41.3 Å². The highest BCUT2D eigenvalue weighted by molar-refractivity contribution is 7.91. The molecule has 2 N–H and O–H groups in total. The number of halogens is 4. The molecule has 2 aromatic rings. The molecular weight excluding hydrogens is 531 g/mol. The molecule has 1 aliphatic rings. The number of likely N-dealkylation sites (tertiary alicyclic amines) is 1. The van der Waals surface area contributed by atoms with Crippen LogP contribution in [0.3, 0.4) is 0 Å². The van der Waals surface area contributed by atoms with Crippen LogP contribution in [-0.2, 0) is 33.9 Å². The average Bonchev–Trinajstić information content (AvgIpc) is 3.28. The predicted molar refractivity (Wildman–Crippen MR) is 134 cm³/mol. The Morgan fingerprint density at radius 2 is 1.84 bits per heavy atom. The molecule has 7 nitrogen and oxygen atoms in total. The van der Waals surface area contributed by atoms with Crippen molar-refractivity contribution in [3.05, 3.63) is 63.7 Å². The summed E-state index contributed by atoms with van der Waals surface area (Å²) in [6.45, 7) is 4.38. The van der Waals surface area contributed by atoms with Gasteiger partial charge in [-0.1, -0.05) is 24.6 Å². The fourth-order valence-corrected chi connectivity index (χ4v) is 5.61. The third-order valence-corrected chi connectivity index (χ3v) is 8.32. The second kappa shape index (κ2) is 11.8. The Kier molecular flexibility index (Phi) is 9.25. The molecule has 0 radical (unpaired) electrons. The van der Waals surface area contributed by atoms with E-state index in [0.717, 1.165) is 12.5 Å². The summed E-state index contributed by atoms with van der Waals surface area (Å²) in [5.74, 6) is -0.911. The molecule has 1 saturated heterocycles. The molecule has 37 heavy (non-hydrogen) atoms. The largest absolute Gasteiger partial charge is 0.416 e. The average molecular weight is 560 g/mol. The highest BCUT2D eigenvalue weighted by Crippen LogP contribution is 2.34. The number of hydrogen-bond acceptors (Lipinski definition) is 5. The zero-order valence-electron chi connectivity index (χ0n) is 20.5. The van der Waals surface area contributed by atoms with Crippen molar-refractivity contribution < 1.29 is 31.2 Å². The van der Waals surface area contributed by atoms with Crippen LogP contribution >= 0.6 is 11.6 Å². The molecule has 2 aromatic carbocycles. The first-order valence-electron chi connectivity index (χ1n) is 11.8. The smallest absolute Gasteiger partial charge is 0.356 e.